The van der Waals surface area contributed by atoms with Gasteiger partial charge in [-0.1, -0.05) is 48.5 Å². The summed E-state index contributed by atoms with van der Waals surface area (Å²) in [5.74, 6) is 1.36. The van der Waals surface area contributed by atoms with Gasteiger partial charge in [0.25, 0.3) is 5.91 Å². The standard InChI is InChI=1S/C26H26N2O3/c1-18-7-3-6-10-25(18)31-17-26(29)28-15-22(19-11-13-20(30-2)14-12-19)23-16-27-24-9-5-4-8-21(23)24/h3-14,16,22,27H,15,17H2,1-2H3,(H,28,29). The lowest BCUT2D eigenvalue weighted by molar-refractivity contribution is -0.123. The van der Waals surface area contributed by atoms with Crippen molar-refractivity contribution in [3.63, 3.8) is 0 Å². The highest BCUT2D eigenvalue weighted by molar-refractivity contribution is 5.84. The summed E-state index contributed by atoms with van der Waals surface area (Å²) in [6.07, 6.45) is 2.02. The van der Waals surface area contributed by atoms with Crippen molar-refractivity contribution < 1.29 is 14.3 Å². The minimum Gasteiger partial charge on any atom is -0.497 e. The largest absolute Gasteiger partial charge is 0.497 e. The van der Waals surface area contributed by atoms with Crippen LogP contribution in [0.4, 0.5) is 0 Å². The van der Waals surface area contributed by atoms with E-state index >= 15 is 0 Å². The molecule has 31 heavy (non-hydrogen) atoms. The first-order chi connectivity index (χ1) is 15.2. The van der Waals surface area contributed by atoms with E-state index in [0.717, 1.165) is 39.1 Å². The predicted molar refractivity (Wildman–Crippen MR) is 123 cm³/mol. The number of aromatic nitrogens is 1. The first-order valence-electron chi connectivity index (χ1n) is 10.3. The summed E-state index contributed by atoms with van der Waals surface area (Å²) in [5.41, 5.74) is 4.32. The summed E-state index contributed by atoms with van der Waals surface area (Å²) >= 11 is 0. The molecule has 0 saturated carbocycles. The van der Waals surface area contributed by atoms with Crippen LogP contribution in [0.15, 0.2) is 79.0 Å². The van der Waals surface area contributed by atoms with Crippen molar-refractivity contribution in [2.75, 3.05) is 20.3 Å². The van der Waals surface area contributed by atoms with Crippen LogP contribution in [-0.4, -0.2) is 31.2 Å². The Labute approximate surface area is 182 Å². The van der Waals surface area contributed by atoms with Crippen LogP contribution in [0.25, 0.3) is 10.9 Å². The number of amides is 1. The maximum atomic E-state index is 12.5. The Kier molecular flexibility index (Phi) is 6.22. The molecule has 1 heterocycles. The smallest absolute Gasteiger partial charge is 0.257 e. The topological polar surface area (TPSA) is 63.4 Å². The van der Waals surface area contributed by atoms with E-state index < -0.39 is 0 Å². The van der Waals surface area contributed by atoms with Crippen molar-refractivity contribution in [3.05, 3.63) is 95.7 Å². The average Bonchev–Trinajstić information content (AvgIpc) is 3.23. The molecule has 1 aromatic heterocycles. The number of aromatic amines is 1. The summed E-state index contributed by atoms with van der Waals surface area (Å²) in [5, 5.41) is 4.19. The minimum atomic E-state index is -0.151. The van der Waals surface area contributed by atoms with Gasteiger partial charge in [-0.2, -0.15) is 0 Å². The van der Waals surface area contributed by atoms with Crippen LogP contribution < -0.4 is 14.8 Å². The first kappa shape index (κ1) is 20.5. The summed E-state index contributed by atoms with van der Waals surface area (Å²) in [7, 11) is 1.65. The Morgan fingerprint density at radius 3 is 2.52 bits per heavy atom. The quantitative estimate of drug-likeness (QED) is 0.435. The fourth-order valence-corrected chi connectivity index (χ4v) is 3.75. The van der Waals surface area contributed by atoms with Crippen molar-refractivity contribution in [1.82, 2.24) is 10.3 Å². The van der Waals surface area contributed by atoms with E-state index in [2.05, 4.69) is 22.4 Å². The number of benzene rings is 3. The maximum Gasteiger partial charge on any atom is 0.257 e. The Hall–Kier alpha value is -3.73. The molecule has 0 aliphatic carbocycles. The SMILES string of the molecule is COc1ccc(C(CNC(=O)COc2ccccc2C)c2c[nH]c3ccccc23)cc1. The lowest BCUT2D eigenvalue weighted by Crippen LogP contribution is -2.32. The molecule has 0 radical (unpaired) electrons. The summed E-state index contributed by atoms with van der Waals surface area (Å²) in [4.78, 5) is 15.9. The van der Waals surface area contributed by atoms with E-state index in [1.165, 1.54) is 0 Å². The maximum absolute atomic E-state index is 12.5. The number of nitrogens with one attached hydrogen (secondary N) is 2. The molecule has 0 aliphatic rings. The number of para-hydroxylation sites is 2. The summed E-state index contributed by atoms with van der Waals surface area (Å²) in [6, 6.07) is 23.8. The molecule has 0 aliphatic heterocycles. The molecule has 0 saturated heterocycles. The third-order valence-corrected chi connectivity index (χ3v) is 5.47. The molecule has 3 aromatic carbocycles. The van der Waals surface area contributed by atoms with Gasteiger partial charge < -0.3 is 19.8 Å². The van der Waals surface area contributed by atoms with Crippen LogP contribution in [0.3, 0.4) is 0 Å². The van der Waals surface area contributed by atoms with E-state index in [1.807, 2.05) is 73.8 Å². The fourth-order valence-electron chi connectivity index (χ4n) is 3.75. The number of carbonyl (C=O) groups is 1. The van der Waals surface area contributed by atoms with Crippen LogP contribution in [0, 0.1) is 6.92 Å². The Balaban J connectivity index is 1.52. The van der Waals surface area contributed by atoms with Crippen molar-refractivity contribution in [3.8, 4) is 11.5 Å². The molecular formula is C26H26N2O3. The fraction of sp³-hybridized carbons (Fsp3) is 0.192. The average molecular weight is 415 g/mol. The molecule has 5 nitrogen and oxygen atoms in total. The lowest BCUT2D eigenvalue weighted by atomic mass is 9.91. The van der Waals surface area contributed by atoms with Crippen molar-refractivity contribution in [2.24, 2.45) is 0 Å². The summed E-state index contributed by atoms with van der Waals surface area (Å²) < 4.78 is 11.0. The third kappa shape index (κ3) is 4.72. The van der Waals surface area contributed by atoms with Gasteiger partial charge in [-0.3, -0.25) is 4.79 Å². The number of aryl methyl sites for hydroxylation is 1. The molecule has 4 aromatic rings. The van der Waals surface area contributed by atoms with Crippen LogP contribution in [-0.2, 0) is 4.79 Å². The zero-order valence-corrected chi connectivity index (χ0v) is 17.7. The molecule has 1 atom stereocenters. The van der Waals surface area contributed by atoms with Gasteiger partial charge in [-0.25, -0.2) is 0 Å². The second-order valence-electron chi connectivity index (χ2n) is 7.47. The lowest BCUT2D eigenvalue weighted by Gasteiger charge is -2.19. The number of H-pyrrole nitrogens is 1. The molecular weight excluding hydrogens is 388 g/mol. The molecule has 4 rings (SSSR count). The molecule has 5 heteroatoms. The minimum absolute atomic E-state index is 0.00975. The number of hydrogen-bond donors (Lipinski definition) is 2. The Morgan fingerprint density at radius 1 is 1.00 bits per heavy atom. The predicted octanol–water partition coefficient (Wildman–Crippen LogP) is 4.81. The van der Waals surface area contributed by atoms with Gasteiger partial charge in [0.2, 0.25) is 0 Å². The zero-order chi connectivity index (χ0) is 21.6. The van der Waals surface area contributed by atoms with Crippen LogP contribution in [0.5, 0.6) is 11.5 Å². The summed E-state index contributed by atoms with van der Waals surface area (Å²) in [6.45, 7) is 2.40. The van der Waals surface area contributed by atoms with Gasteiger partial charge >= 0.3 is 0 Å². The molecule has 1 unspecified atom stereocenters. The molecule has 158 valence electrons. The van der Waals surface area contributed by atoms with Gasteiger partial charge in [-0.05, 0) is 47.9 Å². The second kappa shape index (κ2) is 9.39. The highest BCUT2D eigenvalue weighted by Crippen LogP contribution is 2.31. The van der Waals surface area contributed by atoms with Gasteiger partial charge in [0, 0.05) is 29.6 Å². The van der Waals surface area contributed by atoms with Crippen molar-refractivity contribution in [1.29, 1.82) is 0 Å². The second-order valence-corrected chi connectivity index (χ2v) is 7.47. The van der Waals surface area contributed by atoms with Crippen LogP contribution in [0.1, 0.15) is 22.6 Å². The van der Waals surface area contributed by atoms with Crippen LogP contribution in [0.2, 0.25) is 0 Å². The van der Waals surface area contributed by atoms with E-state index in [4.69, 9.17) is 9.47 Å². The number of fused-ring (bicyclic) bond motifs is 1. The number of hydrogen-bond acceptors (Lipinski definition) is 3. The Morgan fingerprint density at radius 2 is 1.74 bits per heavy atom. The van der Waals surface area contributed by atoms with E-state index in [1.54, 1.807) is 7.11 Å². The molecule has 0 fully saturated rings. The zero-order valence-electron chi connectivity index (χ0n) is 17.7. The van der Waals surface area contributed by atoms with Crippen molar-refractivity contribution >= 4 is 16.8 Å². The van der Waals surface area contributed by atoms with Gasteiger partial charge in [0.05, 0.1) is 7.11 Å². The molecule has 0 spiro atoms. The van der Waals surface area contributed by atoms with Crippen LogP contribution >= 0.6 is 0 Å². The molecule has 1 amide bonds. The highest BCUT2D eigenvalue weighted by Gasteiger charge is 2.19. The number of carbonyl (C=O) groups excluding carboxylic acids is 1. The highest BCUT2D eigenvalue weighted by atomic mass is 16.5. The molecule has 2 N–H and O–H groups in total. The first-order valence-corrected chi connectivity index (χ1v) is 10.3. The normalized spacial score (nSPS) is 11.8. The third-order valence-electron chi connectivity index (χ3n) is 5.47. The van der Waals surface area contributed by atoms with Crippen molar-refractivity contribution in [2.45, 2.75) is 12.8 Å². The monoisotopic (exact) mass is 414 g/mol. The Bertz CT molecular complexity index is 1160. The molecule has 0 bridgehead atoms. The number of rotatable bonds is 8. The number of ether oxygens (including phenoxy) is 2. The van der Waals surface area contributed by atoms with E-state index in [-0.39, 0.29) is 18.4 Å². The van der Waals surface area contributed by atoms with Gasteiger partial charge in [0.15, 0.2) is 6.61 Å². The van der Waals surface area contributed by atoms with E-state index in [9.17, 15) is 4.79 Å². The van der Waals surface area contributed by atoms with Gasteiger partial charge in [-0.15, -0.1) is 0 Å². The van der Waals surface area contributed by atoms with E-state index in [0.29, 0.717) is 6.54 Å². The van der Waals surface area contributed by atoms with Gasteiger partial charge in [0.1, 0.15) is 11.5 Å². The number of methoxy groups -OCH3 is 1.